The van der Waals surface area contributed by atoms with E-state index in [9.17, 15) is 4.79 Å². The van der Waals surface area contributed by atoms with E-state index in [0.717, 1.165) is 27.7 Å². The van der Waals surface area contributed by atoms with Crippen LogP contribution in [0.2, 0.25) is 0 Å². The number of hydrogen-bond donors (Lipinski definition) is 1. The zero-order chi connectivity index (χ0) is 18.7. The number of furan rings is 1. The van der Waals surface area contributed by atoms with E-state index in [2.05, 4.69) is 6.58 Å². The van der Waals surface area contributed by atoms with E-state index < -0.39 is 5.97 Å². The molecular formula is C21H20O5. The second-order valence-electron chi connectivity index (χ2n) is 6.10. The first-order chi connectivity index (χ1) is 12.5. The van der Waals surface area contributed by atoms with Crippen LogP contribution >= 0.6 is 0 Å². The average molecular weight is 352 g/mol. The fraction of sp³-hybridized carbons (Fsp3) is 0.190. The van der Waals surface area contributed by atoms with Gasteiger partial charge in [-0.25, -0.2) is 0 Å². The maximum Gasteiger partial charge on any atom is 0.307 e. The van der Waals surface area contributed by atoms with Crippen LogP contribution in [0.3, 0.4) is 0 Å². The van der Waals surface area contributed by atoms with Crippen molar-refractivity contribution in [1.29, 1.82) is 0 Å². The topological polar surface area (TPSA) is 68.9 Å². The SMILES string of the molecule is C=C(C)c1cc(COc2cc(OC)ccc2CC(=O)O)cc2ccoc12. The van der Waals surface area contributed by atoms with Gasteiger partial charge in [0, 0.05) is 22.6 Å². The number of benzene rings is 2. The van der Waals surface area contributed by atoms with Crippen LogP contribution in [0.4, 0.5) is 0 Å². The van der Waals surface area contributed by atoms with Crippen LogP contribution < -0.4 is 9.47 Å². The molecule has 3 rings (SSSR count). The summed E-state index contributed by atoms with van der Waals surface area (Å²) < 4.78 is 16.7. The predicted octanol–water partition coefficient (Wildman–Crippen LogP) is 4.68. The Morgan fingerprint density at radius 1 is 1.23 bits per heavy atom. The maximum absolute atomic E-state index is 11.1. The Hall–Kier alpha value is -3.21. The molecule has 0 aliphatic rings. The van der Waals surface area contributed by atoms with Gasteiger partial charge in [-0.15, -0.1) is 0 Å². The number of carboxylic acid groups (broad SMARTS) is 1. The van der Waals surface area contributed by atoms with Gasteiger partial charge in [0.1, 0.15) is 23.7 Å². The summed E-state index contributed by atoms with van der Waals surface area (Å²) in [6.07, 6.45) is 1.53. The van der Waals surface area contributed by atoms with Gasteiger partial charge in [0.2, 0.25) is 0 Å². The third kappa shape index (κ3) is 3.72. The molecule has 0 atom stereocenters. The molecule has 0 fully saturated rings. The highest BCUT2D eigenvalue weighted by Gasteiger charge is 2.12. The molecule has 0 unspecified atom stereocenters. The summed E-state index contributed by atoms with van der Waals surface area (Å²) in [5, 5.41) is 10.1. The zero-order valence-electron chi connectivity index (χ0n) is 14.7. The Bertz CT molecular complexity index is 968. The van der Waals surface area contributed by atoms with Crippen molar-refractivity contribution in [2.75, 3.05) is 7.11 Å². The standard InChI is InChI=1S/C21H20O5/c1-13(2)18-9-14(8-16-6-7-25-21(16)18)12-26-19-11-17(24-3)5-4-15(19)10-20(22)23/h4-9,11H,1,10,12H2,2-3H3,(H,22,23). The number of allylic oxidation sites excluding steroid dienone is 1. The number of ether oxygens (including phenoxy) is 2. The lowest BCUT2D eigenvalue weighted by Gasteiger charge is -2.13. The van der Waals surface area contributed by atoms with Crippen molar-refractivity contribution in [2.45, 2.75) is 20.0 Å². The van der Waals surface area contributed by atoms with Gasteiger partial charge in [0.05, 0.1) is 19.8 Å². The molecule has 3 aromatic rings. The van der Waals surface area contributed by atoms with E-state index in [1.54, 1.807) is 31.6 Å². The van der Waals surface area contributed by atoms with Crippen LogP contribution in [0.5, 0.6) is 11.5 Å². The molecule has 1 heterocycles. The van der Waals surface area contributed by atoms with Gasteiger partial charge in [-0.3, -0.25) is 4.79 Å². The summed E-state index contributed by atoms with van der Waals surface area (Å²) in [6.45, 7) is 6.22. The first-order valence-corrected chi connectivity index (χ1v) is 8.15. The molecule has 134 valence electrons. The molecule has 0 aliphatic carbocycles. The molecule has 0 amide bonds. The molecule has 1 N–H and O–H groups in total. The molecule has 5 heteroatoms. The van der Waals surface area contributed by atoms with E-state index in [1.807, 2.05) is 25.1 Å². The highest BCUT2D eigenvalue weighted by atomic mass is 16.5. The minimum atomic E-state index is -0.913. The number of carboxylic acids is 1. The summed E-state index contributed by atoms with van der Waals surface area (Å²) in [5.74, 6) is 0.197. The first-order valence-electron chi connectivity index (χ1n) is 8.15. The molecule has 5 nitrogen and oxygen atoms in total. The molecule has 0 spiro atoms. The van der Waals surface area contributed by atoms with Crippen LogP contribution in [0.1, 0.15) is 23.6 Å². The monoisotopic (exact) mass is 352 g/mol. The van der Waals surface area contributed by atoms with Crippen molar-refractivity contribution in [3.63, 3.8) is 0 Å². The van der Waals surface area contributed by atoms with Crippen molar-refractivity contribution in [2.24, 2.45) is 0 Å². The number of aliphatic carboxylic acids is 1. The van der Waals surface area contributed by atoms with Gasteiger partial charge in [0.15, 0.2) is 0 Å². The average Bonchev–Trinajstić information content (AvgIpc) is 3.08. The Kier molecular flexibility index (Phi) is 4.98. The summed E-state index contributed by atoms with van der Waals surface area (Å²) >= 11 is 0. The van der Waals surface area contributed by atoms with Crippen molar-refractivity contribution in [1.82, 2.24) is 0 Å². The number of methoxy groups -OCH3 is 1. The summed E-state index contributed by atoms with van der Waals surface area (Å²) in [5.41, 5.74) is 4.18. The van der Waals surface area contributed by atoms with Crippen LogP contribution in [0.25, 0.3) is 16.5 Å². The summed E-state index contributed by atoms with van der Waals surface area (Å²) in [4.78, 5) is 11.1. The molecule has 26 heavy (non-hydrogen) atoms. The normalized spacial score (nSPS) is 10.7. The highest BCUT2D eigenvalue weighted by molar-refractivity contribution is 5.89. The smallest absolute Gasteiger partial charge is 0.307 e. The van der Waals surface area contributed by atoms with Gasteiger partial charge in [-0.1, -0.05) is 12.6 Å². The molecule has 2 aromatic carbocycles. The van der Waals surface area contributed by atoms with E-state index in [1.165, 1.54) is 0 Å². The molecule has 0 bridgehead atoms. The van der Waals surface area contributed by atoms with Crippen LogP contribution in [0, 0.1) is 0 Å². The Balaban J connectivity index is 1.90. The molecule has 0 saturated heterocycles. The second kappa shape index (κ2) is 7.35. The maximum atomic E-state index is 11.1. The third-order valence-electron chi connectivity index (χ3n) is 4.08. The van der Waals surface area contributed by atoms with Crippen LogP contribution in [-0.4, -0.2) is 18.2 Å². The minimum absolute atomic E-state index is 0.114. The number of carbonyl (C=O) groups is 1. The Labute approximate surface area is 151 Å². The Morgan fingerprint density at radius 3 is 2.73 bits per heavy atom. The molecule has 1 aromatic heterocycles. The van der Waals surface area contributed by atoms with Crippen molar-refractivity contribution in [3.8, 4) is 11.5 Å². The summed E-state index contributed by atoms with van der Waals surface area (Å²) in [6, 6.07) is 11.0. The molecule has 0 aliphatic heterocycles. The van der Waals surface area contributed by atoms with Crippen molar-refractivity contribution < 1.29 is 23.8 Å². The molecular weight excluding hydrogens is 332 g/mol. The third-order valence-corrected chi connectivity index (χ3v) is 4.08. The highest BCUT2D eigenvalue weighted by Crippen LogP contribution is 2.29. The zero-order valence-corrected chi connectivity index (χ0v) is 14.7. The lowest BCUT2D eigenvalue weighted by atomic mass is 10.0. The van der Waals surface area contributed by atoms with E-state index >= 15 is 0 Å². The number of hydrogen-bond acceptors (Lipinski definition) is 4. The fourth-order valence-corrected chi connectivity index (χ4v) is 2.81. The quantitative estimate of drug-likeness (QED) is 0.668. The lowest BCUT2D eigenvalue weighted by molar-refractivity contribution is -0.136. The van der Waals surface area contributed by atoms with Gasteiger partial charge >= 0.3 is 5.97 Å². The van der Waals surface area contributed by atoms with Crippen LogP contribution in [-0.2, 0) is 17.8 Å². The van der Waals surface area contributed by atoms with Gasteiger partial charge in [-0.2, -0.15) is 0 Å². The Morgan fingerprint density at radius 2 is 2.04 bits per heavy atom. The number of rotatable bonds is 7. The van der Waals surface area contributed by atoms with E-state index in [4.69, 9.17) is 19.0 Å². The molecule has 0 saturated carbocycles. The van der Waals surface area contributed by atoms with E-state index in [0.29, 0.717) is 23.7 Å². The summed E-state index contributed by atoms with van der Waals surface area (Å²) in [7, 11) is 1.56. The second-order valence-corrected chi connectivity index (χ2v) is 6.10. The van der Waals surface area contributed by atoms with Gasteiger partial charge in [0.25, 0.3) is 0 Å². The van der Waals surface area contributed by atoms with Crippen LogP contribution in [0.15, 0.2) is 53.7 Å². The number of fused-ring (bicyclic) bond motifs is 1. The largest absolute Gasteiger partial charge is 0.497 e. The van der Waals surface area contributed by atoms with Crippen molar-refractivity contribution >= 4 is 22.5 Å². The molecule has 0 radical (unpaired) electrons. The minimum Gasteiger partial charge on any atom is -0.497 e. The lowest BCUT2D eigenvalue weighted by Crippen LogP contribution is -2.05. The van der Waals surface area contributed by atoms with Gasteiger partial charge in [-0.05, 0) is 42.3 Å². The van der Waals surface area contributed by atoms with E-state index in [-0.39, 0.29) is 6.42 Å². The van der Waals surface area contributed by atoms with Crippen molar-refractivity contribution in [3.05, 3.63) is 65.9 Å². The van der Waals surface area contributed by atoms with Gasteiger partial charge < -0.3 is 19.0 Å². The fourth-order valence-electron chi connectivity index (χ4n) is 2.81. The predicted molar refractivity (Wildman–Crippen MR) is 99.6 cm³/mol. The first kappa shape index (κ1) is 17.6.